The van der Waals surface area contributed by atoms with Crippen molar-refractivity contribution in [2.45, 2.75) is 44.7 Å². The van der Waals surface area contributed by atoms with Crippen LogP contribution in [0, 0.1) is 11.8 Å². The van der Waals surface area contributed by atoms with Crippen molar-refractivity contribution >= 4 is 16.9 Å². The topological polar surface area (TPSA) is 80.5 Å². The molecule has 1 aromatic carbocycles. The normalized spacial score (nSPS) is 19.6. The van der Waals surface area contributed by atoms with E-state index < -0.39 is 18.1 Å². The molecule has 1 aliphatic heterocycles. The number of benzene rings is 1. The highest BCUT2D eigenvalue weighted by atomic mass is 19.1. The third kappa shape index (κ3) is 6.17. The molecule has 0 unspecified atom stereocenters. The molecule has 1 aliphatic rings. The van der Waals surface area contributed by atoms with Gasteiger partial charge in [-0.1, -0.05) is 0 Å². The first-order valence-electron chi connectivity index (χ1n) is 12.4. The SMILES string of the molecule is COc1ccc2nccc([C@@H](F)CC[C@@H]3CCN(CCCCc4nccn4C)C[C@@H]3C(=O)O)c2c1. The number of pyridine rings is 1. The van der Waals surface area contributed by atoms with E-state index in [1.807, 2.05) is 42.2 Å². The number of unbranched alkanes of at least 4 members (excludes halogenated alkanes) is 1. The number of rotatable bonds is 11. The van der Waals surface area contributed by atoms with Crippen LogP contribution in [0.1, 0.15) is 49.7 Å². The number of hydrogen-bond acceptors (Lipinski definition) is 5. The van der Waals surface area contributed by atoms with E-state index in [1.165, 1.54) is 0 Å². The average molecular weight is 483 g/mol. The Bertz CT molecular complexity index is 1130. The fraction of sp³-hybridized carbons (Fsp3) is 0.519. The van der Waals surface area contributed by atoms with E-state index in [2.05, 4.69) is 14.9 Å². The number of imidazole rings is 1. The lowest BCUT2D eigenvalue weighted by Gasteiger charge is -2.37. The highest BCUT2D eigenvalue weighted by molar-refractivity contribution is 5.83. The van der Waals surface area contributed by atoms with Crippen molar-refractivity contribution in [2.24, 2.45) is 18.9 Å². The van der Waals surface area contributed by atoms with E-state index in [0.29, 0.717) is 30.7 Å². The molecule has 0 saturated carbocycles. The van der Waals surface area contributed by atoms with Gasteiger partial charge in [-0.25, -0.2) is 9.37 Å². The summed E-state index contributed by atoms with van der Waals surface area (Å²) in [5, 5.41) is 10.6. The number of aromatic nitrogens is 3. The van der Waals surface area contributed by atoms with Gasteiger partial charge in [0, 0.05) is 44.0 Å². The van der Waals surface area contributed by atoms with Crippen LogP contribution in [0.5, 0.6) is 5.75 Å². The minimum atomic E-state index is -1.17. The number of nitrogens with zero attached hydrogens (tertiary/aromatic N) is 4. The van der Waals surface area contributed by atoms with E-state index in [4.69, 9.17) is 4.74 Å². The van der Waals surface area contributed by atoms with Crippen LogP contribution in [0.15, 0.2) is 42.9 Å². The molecule has 2 aromatic heterocycles. The summed E-state index contributed by atoms with van der Waals surface area (Å²) >= 11 is 0. The molecule has 3 aromatic rings. The molecule has 3 heterocycles. The predicted molar refractivity (Wildman–Crippen MR) is 133 cm³/mol. The standard InChI is InChI=1S/C27H35FN4O3/c1-31-16-13-30-26(31)5-3-4-14-32-15-11-19(23(18-32)27(33)34)6-8-24(28)21-10-12-29-25-9-7-20(35-2)17-22(21)25/h7,9-10,12-13,16-17,19,23-24H,3-6,8,11,14-15,18H2,1-2H3,(H,33,34)/t19-,23+,24+/m1/s1. The number of aryl methyl sites for hydroxylation is 2. The molecule has 188 valence electrons. The molecule has 0 bridgehead atoms. The maximum absolute atomic E-state index is 15.4. The molecule has 0 amide bonds. The van der Waals surface area contributed by atoms with Gasteiger partial charge in [-0.15, -0.1) is 0 Å². The van der Waals surface area contributed by atoms with E-state index >= 15 is 4.39 Å². The van der Waals surface area contributed by atoms with E-state index in [-0.39, 0.29) is 5.92 Å². The molecule has 1 fully saturated rings. The Balaban J connectivity index is 1.30. The van der Waals surface area contributed by atoms with Gasteiger partial charge in [0.2, 0.25) is 0 Å². The van der Waals surface area contributed by atoms with Crippen LogP contribution >= 0.6 is 0 Å². The van der Waals surface area contributed by atoms with Gasteiger partial charge in [0.1, 0.15) is 17.7 Å². The number of methoxy groups -OCH3 is 1. The largest absolute Gasteiger partial charge is 0.497 e. The summed E-state index contributed by atoms with van der Waals surface area (Å²) < 4.78 is 22.7. The monoisotopic (exact) mass is 482 g/mol. The Kier molecular flexibility index (Phi) is 8.33. The Morgan fingerprint density at radius 2 is 2.11 bits per heavy atom. The lowest BCUT2D eigenvalue weighted by molar-refractivity contribution is -0.146. The van der Waals surface area contributed by atoms with Gasteiger partial charge in [0.05, 0.1) is 18.5 Å². The Morgan fingerprint density at radius 1 is 1.26 bits per heavy atom. The van der Waals surface area contributed by atoms with E-state index in [1.54, 1.807) is 19.4 Å². The Hall–Kier alpha value is -3.00. The van der Waals surface area contributed by atoms with Gasteiger partial charge in [-0.3, -0.25) is 9.78 Å². The second kappa shape index (κ2) is 11.6. The summed E-state index contributed by atoms with van der Waals surface area (Å²) in [6.45, 7) is 2.29. The fourth-order valence-corrected chi connectivity index (χ4v) is 5.21. The molecule has 0 radical (unpaired) electrons. The summed E-state index contributed by atoms with van der Waals surface area (Å²) in [5.74, 6) is 0.490. The zero-order valence-corrected chi connectivity index (χ0v) is 20.6. The molecule has 8 heteroatoms. The number of carboxylic acid groups (broad SMARTS) is 1. The molecule has 35 heavy (non-hydrogen) atoms. The highest BCUT2D eigenvalue weighted by Crippen LogP contribution is 2.35. The maximum Gasteiger partial charge on any atom is 0.308 e. The van der Waals surface area contributed by atoms with Gasteiger partial charge in [0.15, 0.2) is 0 Å². The number of hydrogen-bond donors (Lipinski definition) is 1. The number of piperidine rings is 1. The predicted octanol–water partition coefficient (Wildman–Crippen LogP) is 4.81. The summed E-state index contributed by atoms with van der Waals surface area (Å²) in [5.41, 5.74) is 1.32. The number of fused-ring (bicyclic) bond motifs is 1. The van der Waals surface area contributed by atoms with Crippen LogP contribution in [0.25, 0.3) is 10.9 Å². The molecular formula is C27H35FN4O3. The number of alkyl halides is 1. The van der Waals surface area contributed by atoms with Crippen LogP contribution in [0.4, 0.5) is 4.39 Å². The quantitative estimate of drug-likeness (QED) is 0.395. The Morgan fingerprint density at radius 3 is 2.86 bits per heavy atom. The van der Waals surface area contributed by atoms with Crippen molar-refractivity contribution in [3.63, 3.8) is 0 Å². The number of carbonyl (C=O) groups is 1. The first-order valence-corrected chi connectivity index (χ1v) is 12.4. The maximum atomic E-state index is 15.4. The second-order valence-corrected chi connectivity index (χ2v) is 9.53. The van der Waals surface area contributed by atoms with Gasteiger partial charge in [-0.05, 0) is 80.9 Å². The van der Waals surface area contributed by atoms with Crippen LogP contribution in [0.2, 0.25) is 0 Å². The molecule has 3 atom stereocenters. The van der Waals surface area contributed by atoms with Gasteiger partial charge in [0.25, 0.3) is 0 Å². The highest BCUT2D eigenvalue weighted by Gasteiger charge is 2.34. The number of likely N-dealkylation sites (tertiary alicyclic amines) is 1. The van der Waals surface area contributed by atoms with Crippen molar-refractivity contribution < 1.29 is 19.0 Å². The van der Waals surface area contributed by atoms with Gasteiger partial charge in [-0.2, -0.15) is 0 Å². The molecule has 7 nitrogen and oxygen atoms in total. The first kappa shape index (κ1) is 25.1. The summed E-state index contributed by atoms with van der Waals surface area (Å²) in [6, 6.07) is 7.18. The summed E-state index contributed by atoms with van der Waals surface area (Å²) in [7, 11) is 3.59. The number of ether oxygens (including phenoxy) is 1. The van der Waals surface area contributed by atoms with Crippen LogP contribution in [-0.2, 0) is 18.3 Å². The molecule has 4 rings (SSSR count). The lowest BCUT2D eigenvalue weighted by atomic mass is 9.81. The van der Waals surface area contributed by atoms with Crippen LogP contribution < -0.4 is 4.74 Å². The van der Waals surface area contributed by atoms with Crippen molar-refractivity contribution in [2.75, 3.05) is 26.7 Å². The van der Waals surface area contributed by atoms with Gasteiger partial charge >= 0.3 is 5.97 Å². The van der Waals surface area contributed by atoms with E-state index in [9.17, 15) is 9.90 Å². The van der Waals surface area contributed by atoms with Crippen LogP contribution in [-0.4, -0.2) is 57.3 Å². The van der Waals surface area contributed by atoms with Crippen molar-refractivity contribution in [1.29, 1.82) is 0 Å². The molecule has 1 saturated heterocycles. The van der Waals surface area contributed by atoms with Crippen LogP contribution in [0.3, 0.4) is 0 Å². The zero-order valence-electron chi connectivity index (χ0n) is 20.6. The smallest absolute Gasteiger partial charge is 0.308 e. The number of carboxylic acids is 1. The summed E-state index contributed by atoms with van der Waals surface area (Å²) in [6.07, 6.45) is 8.82. The molecule has 0 aliphatic carbocycles. The Labute approximate surface area is 205 Å². The molecular weight excluding hydrogens is 447 g/mol. The van der Waals surface area contributed by atoms with Crippen molar-refractivity contribution in [1.82, 2.24) is 19.4 Å². The average Bonchev–Trinajstić information content (AvgIpc) is 3.29. The third-order valence-corrected chi connectivity index (χ3v) is 7.31. The molecule has 1 N–H and O–H groups in total. The third-order valence-electron chi connectivity index (χ3n) is 7.31. The zero-order chi connectivity index (χ0) is 24.8. The van der Waals surface area contributed by atoms with Crippen molar-refractivity contribution in [3.8, 4) is 5.75 Å². The fourth-order valence-electron chi connectivity index (χ4n) is 5.21. The lowest BCUT2D eigenvalue weighted by Crippen LogP contribution is -2.44. The minimum Gasteiger partial charge on any atom is -0.497 e. The van der Waals surface area contributed by atoms with Gasteiger partial charge < -0.3 is 19.3 Å². The summed E-state index contributed by atoms with van der Waals surface area (Å²) in [4.78, 5) is 23.0. The number of aliphatic carboxylic acids is 1. The number of halogens is 1. The second-order valence-electron chi connectivity index (χ2n) is 9.53. The minimum absolute atomic E-state index is 0.0165. The van der Waals surface area contributed by atoms with Crippen molar-refractivity contribution in [3.05, 3.63) is 54.2 Å². The van der Waals surface area contributed by atoms with E-state index in [0.717, 1.165) is 55.5 Å². The first-order chi connectivity index (χ1) is 17.0. The molecule has 0 spiro atoms.